The second-order valence-electron chi connectivity index (χ2n) is 4.64. The SMILES string of the molecule is CCN(CCC#N)CC1(CS)CCCC1. The van der Waals surface area contributed by atoms with Crippen molar-refractivity contribution in [3.63, 3.8) is 0 Å². The van der Waals surface area contributed by atoms with Crippen molar-refractivity contribution in [2.75, 3.05) is 25.4 Å². The topological polar surface area (TPSA) is 27.0 Å². The third kappa shape index (κ3) is 3.70. The smallest absolute Gasteiger partial charge is 0.0635 e. The maximum Gasteiger partial charge on any atom is 0.0635 e. The van der Waals surface area contributed by atoms with E-state index in [-0.39, 0.29) is 0 Å². The lowest BCUT2D eigenvalue weighted by Gasteiger charge is -2.33. The summed E-state index contributed by atoms with van der Waals surface area (Å²) in [6, 6.07) is 2.23. The Kier molecular flexibility index (Phi) is 5.49. The molecule has 0 heterocycles. The van der Waals surface area contributed by atoms with Crippen LogP contribution in [-0.4, -0.2) is 30.3 Å². The molecule has 0 amide bonds. The van der Waals surface area contributed by atoms with Gasteiger partial charge in [0.2, 0.25) is 0 Å². The Morgan fingerprint density at radius 2 is 2.07 bits per heavy atom. The second kappa shape index (κ2) is 6.40. The molecule has 2 nitrogen and oxygen atoms in total. The Labute approximate surface area is 99.1 Å². The zero-order valence-corrected chi connectivity index (χ0v) is 10.6. The van der Waals surface area contributed by atoms with Gasteiger partial charge < -0.3 is 4.90 Å². The predicted molar refractivity (Wildman–Crippen MR) is 67.1 cm³/mol. The van der Waals surface area contributed by atoms with Crippen LogP contribution >= 0.6 is 12.6 Å². The van der Waals surface area contributed by atoms with E-state index in [0.717, 1.165) is 25.4 Å². The van der Waals surface area contributed by atoms with Crippen molar-refractivity contribution in [2.45, 2.75) is 39.0 Å². The number of nitrogens with zero attached hydrogens (tertiary/aromatic N) is 2. The van der Waals surface area contributed by atoms with Gasteiger partial charge >= 0.3 is 0 Å². The van der Waals surface area contributed by atoms with Crippen LogP contribution in [0.2, 0.25) is 0 Å². The number of hydrogen-bond acceptors (Lipinski definition) is 3. The summed E-state index contributed by atoms with van der Waals surface area (Å²) in [5.41, 5.74) is 0.439. The molecule has 15 heavy (non-hydrogen) atoms. The first-order valence-electron chi connectivity index (χ1n) is 5.96. The summed E-state index contributed by atoms with van der Waals surface area (Å²) in [7, 11) is 0. The lowest BCUT2D eigenvalue weighted by molar-refractivity contribution is 0.181. The normalized spacial score (nSPS) is 19.3. The minimum atomic E-state index is 0.439. The molecule has 1 aliphatic rings. The van der Waals surface area contributed by atoms with E-state index in [1.807, 2.05) is 0 Å². The minimum Gasteiger partial charge on any atom is -0.302 e. The van der Waals surface area contributed by atoms with E-state index in [1.54, 1.807) is 0 Å². The Morgan fingerprint density at radius 3 is 2.53 bits per heavy atom. The van der Waals surface area contributed by atoms with Crippen molar-refractivity contribution in [2.24, 2.45) is 5.41 Å². The summed E-state index contributed by atoms with van der Waals surface area (Å²) in [5.74, 6) is 0.996. The number of rotatable bonds is 6. The van der Waals surface area contributed by atoms with E-state index < -0.39 is 0 Å². The van der Waals surface area contributed by atoms with Gasteiger partial charge in [-0.25, -0.2) is 0 Å². The minimum absolute atomic E-state index is 0.439. The first-order valence-corrected chi connectivity index (χ1v) is 6.60. The van der Waals surface area contributed by atoms with Gasteiger partial charge in [0.1, 0.15) is 0 Å². The average Bonchev–Trinajstić information content (AvgIpc) is 2.73. The summed E-state index contributed by atoms with van der Waals surface area (Å²) in [5, 5.41) is 8.60. The maximum absolute atomic E-state index is 8.60. The van der Waals surface area contributed by atoms with Crippen LogP contribution in [0.25, 0.3) is 0 Å². The van der Waals surface area contributed by atoms with Gasteiger partial charge in [-0.3, -0.25) is 0 Å². The molecular weight excluding hydrogens is 204 g/mol. The van der Waals surface area contributed by atoms with Gasteiger partial charge in [-0.05, 0) is 30.6 Å². The molecule has 3 heteroatoms. The molecule has 0 atom stereocenters. The molecule has 0 saturated heterocycles. The van der Waals surface area contributed by atoms with Crippen LogP contribution in [0.3, 0.4) is 0 Å². The van der Waals surface area contributed by atoms with Crippen LogP contribution in [0.4, 0.5) is 0 Å². The van der Waals surface area contributed by atoms with Crippen molar-refractivity contribution >= 4 is 12.6 Å². The Hall–Kier alpha value is -0.200. The fraction of sp³-hybridized carbons (Fsp3) is 0.917. The van der Waals surface area contributed by atoms with E-state index in [2.05, 4.69) is 30.5 Å². The number of hydrogen-bond donors (Lipinski definition) is 1. The molecule has 0 unspecified atom stereocenters. The predicted octanol–water partition coefficient (Wildman–Crippen LogP) is 2.71. The Bertz CT molecular complexity index is 216. The van der Waals surface area contributed by atoms with Gasteiger partial charge in [-0.15, -0.1) is 0 Å². The average molecular weight is 226 g/mol. The lowest BCUT2D eigenvalue weighted by atomic mass is 9.88. The second-order valence-corrected chi connectivity index (χ2v) is 4.96. The molecule has 0 spiro atoms. The van der Waals surface area contributed by atoms with Crippen molar-refractivity contribution < 1.29 is 0 Å². The highest BCUT2D eigenvalue weighted by Crippen LogP contribution is 2.39. The molecule has 0 aromatic heterocycles. The number of thiol groups is 1. The van der Waals surface area contributed by atoms with Crippen molar-refractivity contribution in [1.29, 1.82) is 5.26 Å². The fourth-order valence-electron chi connectivity index (χ4n) is 2.52. The molecule has 0 aromatic rings. The molecular formula is C12H22N2S. The molecule has 1 saturated carbocycles. The Morgan fingerprint density at radius 1 is 1.40 bits per heavy atom. The molecule has 0 aliphatic heterocycles. The maximum atomic E-state index is 8.60. The zero-order chi connectivity index (χ0) is 11.1. The van der Waals surface area contributed by atoms with E-state index in [9.17, 15) is 0 Å². The highest BCUT2D eigenvalue weighted by atomic mass is 32.1. The van der Waals surface area contributed by atoms with Crippen molar-refractivity contribution in [3.8, 4) is 6.07 Å². The summed E-state index contributed by atoms with van der Waals surface area (Å²) in [6.45, 7) is 5.28. The van der Waals surface area contributed by atoms with Crippen LogP contribution < -0.4 is 0 Å². The van der Waals surface area contributed by atoms with E-state index >= 15 is 0 Å². The summed E-state index contributed by atoms with van der Waals surface area (Å²) in [4.78, 5) is 2.41. The summed E-state index contributed by atoms with van der Waals surface area (Å²) >= 11 is 4.51. The quantitative estimate of drug-likeness (QED) is 0.705. The lowest BCUT2D eigenvalue weighted by Crippen LogP contribution is -2.37. The molecule has 1 aliphatic carbocycles. The third-order valence-electron chi connectivity index (χ3n) is 3.55. The van der Waals surface area contributed by atoms with Crippen LogP contribution in [0, 0.1) is 16.7 Å². The van der Waals surface area contributed by atoms with Gasteiger partial charge in [0.25, 0.3) is 0 Å². The van der Waals surface area contributed by atoms with E-state index in [4.69, 9.17) is 5.26 Å². The number of nitriles is 1. The molecule has 86 valence electrons. The highest BCUT2D eigenvalue weighted by Gasteiger charge is 2.33. The van der Waals surface area contributed by atoms with Crippen LogP contribution in [0.5, 0.6) is 0 Å². The molecule has 0 aromatic carbocycles. The fourth-order valence-corrected chi connectivity index (χ4v) is 2.94. The van der Waals surface area contributed by atoms with Gasteiger partial charge in [0.15, 0.2) is 0 Å². The monoisotopic (exact) mass is 226 g/mol. The first-order chi connectivity index (χ1) is 7.26. The standard InChI is InChI=1S/C12H22N2S/c1-2-14(9-5-8-13)10-12(11-15)6-3-4-7-12/h15H,2-7,9-11H2,1H3. The molecule has 0 bridgehead atoms. The van der Waals surface area contributed by atoms with Crippen LogP contribution in [0.15, 0.2) is 0 Å². The third-order valence-corrected chi connectivity index (χ3v) is 4.22. The molecule has 0 radical (unpaired) electrons. The summed E-state index contributed by atoms with van der Waals surface area (Å²) in [6.07, 6.45) is 6.00. The summed E-state index contributed by atoms with van der Waals surface area (Å²) < 4.78 is 0. The van der Waals surface area contributed by atoms with Gasteiger partial charge in [0.05, 0.1) is 6.07 Å². The van der Waals surface area contributed by atoms with Crippen molar-refractivity contribution in [3.05, 3.63) is 0 Å². The molecule has 0 N–H and O–H groups in total. The largest absolute Gasteiger partial charge is 0.302 e. The zero-order valence-electron chi connectivity index (χ0n) is 9.71. The first kappa shape index (κ1) is 12.9. The van der Waals surface area contributed by atoms with E-state index in [0.29, 0.717) is 11.8 Å². The van der Waals surface area contributed by atoms with Crippen LogP contribution in [-0.2, 0) is 0 Å². The van der Waals surface area contributed by atoms with Gasteiger partial charge in [-0.1, -0.05) is 19.8 Å². The van der Waals surface area contributed by atoms with E-state index in [1.165, 1.54) is 25.7 Å². The van der Waals surface area contributed by atoms with Gasteiger partial charge in [0, 0.05) is 19.5 Å². The Balaban J connectivity index is 2.44. The van der Waals surface area contributed by atoms with Crippen molar-refractivity contribution in [1.82, 2.24) is 4.90 Å². The molecule has 1 rings (SSSR count). The molecule has 1 fully saturated rings. The van der Waals surface area contributed by atoms with Gasteiger partial charge in [-0.2, -0.15) is 17.9 Å². The highest BCUT2D eigenvalue weighted by molar-refractivity contribution is 7.80. The van der Waals surface area contributed by atoms with Crippen LogP contribution in [0.1, 0.15) is 39.0 Å².